The van der Waals surface area contributed by atoms with Gasteiger partial charge in [-0.05, 0) is 47.9 Å². The minimum atomic E-state index is -0.759. The van der Waals surface area contributed by atoms with E-state index in [1.54, 1.807) is 37.4 Å². The molecule has 0 radical (unpaired) electrons. The molecular weight excluding hydrogens is 474 g/mol. The Balaban J connectivity index is 1.47. The smallest absolute Gasteiger partial charge is 0.295 e. The second-order valence-corrected chi connectivity index (χ2v) is 8.75. The van der Waals surface area contributed by atoms with E-state index < -0.39 is 17.7 Å². The summed E-state index contributed by atoms with van der Waals surface area (Å²) < 4.78 is 21.8. The molecule has 2 aliphatic heterocycles. The molecule has 8 heteroatoms. The Kier molecular flexibility index (Phi) is 7.09. The normalized spacial score (nSPS) is 17.9. The lowest BCUT2D eigenvalue weighted by molar-refractivity contribution is -0.140. The number of methoxy groups -OCH3 is 1. The minimum Gasteiger partial charge on any atom is -0.507 e. The summed E-state index contributed by atoms with van der Waals surface area (Å²) in [5, 5.41) is 11.3. The van der Waals surface area contributed by atoms with Crippen LogP contribution in [0.1, 0.15) is 29.2 Å². The summed E-state index contributed by atoms with van der Waals surface area (Å²) in [7, 11) is 1.58. The molecule has 8 nitrogen and oxygen atoms in total. The molecule has 0 aliphatic carbocycles. The molecule has 1 amide bonds. The van der Waals surface area contributed by atoms with E-state index in [4.69, 9.17) is 18.9 Å². The molecule has 37 heavy (non-hydrogen) atoms. The SMILES string of the molecule is COCCCN1C(=O)C(=O)/C(=C(\O)c2ccc3c(c2)OCO3)C1c1ccc(OCc2ccccc2)cc1. The Morgan fingerprint density at radius 3 is 2.51 bits per heavy atom. The number of ether oxygens (including phenoxy) is 4. The molecule has 2 heterocycles. The third-order valence-electron chi connectivity index (χ3n) is 6.38. The van der Waals surface area contributed by atoms with Crippen molar-refractivity contribution in [3.8, 4) is 17.2 Å². The van der Waals surface area contributed by atoms with Crippen molar-refractivity contribution in [2.45, 2.75) is 19.1 Å². The van der Waals surface area contributed by atoms with Gasteiger partial charge in [-0.2, -0.15) is 0 Å². The van der Waals surface area contributed by atoms with Crippen molar-refractivity contribution < 1.29 is 33.6 Å². The lowest BCUT2D eigenvalue weighted by Gasteiger charge is -2.25. The molecule has 1 fully saturated rings. The molecule has 1 N–H and O–H groups in total. The first-order valence-electron chi connectivity index (χ1n) is 12.0. The van der Waals surface area contributed by atoms with Gasteiger partial charge < -0.3 is 29.0 Å². The fraction of sp³-hybridized carbons (Fsp3) is 0.241. The lowest BCUT2D eigenvalue weighted by Crippen LogP contribution is -2.31. The van der Waals surface area contributed by atoms with E-state index in [0.717, 1.165) is 5.56 Å². The Morgan fingerprint density at radius 2 is 1.76 bits per heavy atom. The van der Waals surface area contributed by atoms with E-state index in [1.807, 2.05) is 42.5 Å². The number of ketones is 1. The third-order valence-corrected chi connectivity index (χ3v) is 6.38. The summed E-state index contributed by atoms with van der Waals surface area (Å²) in [5.74, 6) is 0.0174. The van der Waals surface area contributed by atoms with E-state index >= 15 is 0 Å². The number of carbonyl (C=O) groups excluding carboxylic acids is 2. The average molecular weight is 502 g/mol. The van der Waals surface area contributed by atoms with Gasteiger partial charge in [-0.1, -0.05) is 42.5 Å². The maximum absolute atomic E-state index is 13.2. The zero-order valence-electron chi connectivity index (χ0n) is 20.4. The molecule has 1 atom stereocenters. The van der Waals surface area contributed by atoms with Gasteiger partial charge in [0.2, 0.25) is 6.79 Å². The first kappa shape index (κ1) is 24.4. The van der Waals surface area contributed by atoms with Crippen LogP contribution in [0, 0.1) is 0 Å². The standard InChI is InChI=1S/C29H27NO7/c1-34-15-5-14-30-26(20-8-11-22(12-9-20)35-17-19-6-3-2-4-7-19)25(28(32)29(30)33)27(31)21-10-13-23-24(16-21)37-18-36-23/h2-4,6-13,16,26,31H,5,14-15,17-18H2,1H3/b27-25-. The van der Waals surface area contributed by atoms with Gasteiger partial charge in [0.1, 0.15) is 18.1 Å². The average Bonchev–Trinajstić information content (AvgIpc) is 3.50. The number of rotatable bonds is 9. The molecule has 190 valence electrons. The number of fused-ring (bicyclic) bond motifs is 1. The van der Waals surface area contributed by atoms with Crippen molar-refractivity contribution in [2.24, 2.45) is 0 Å². The van der Waals surface area contributed by atoms with Gasteiger partial charge in [-0.25, -0.2) is 0 Å². The number of nitrogens with zero attached hydrogens (tertiary/aromatic N) is 1. The van der Waals surface area contributed by atoms with Gasteiger partial charge in [0.15, 0.2) is 11.5 Å². The summed E-state index contributed by atoms with van der Waals surface area (Å²) in [6.07, 6.45) is 0.544. The van der Waals surface area contributed by atoms with Crippen molar-refractivity contribution in [3.63, 3.8) is 0 Å². The molecule has 0 bridgehead atoms. The quantitative estimate of drug-likeness (QED) is 0.200. The van der Waals surface area contributed by atoms with Gasteiger partial charge in [-0.15, -0.1) is 0 Å². The molecule has 1 unspecified atom stereocenters. The van der Waals surface area contributed by atoms with Crippen molar-refractivity contribution in [1.29, 1.82) is 0 Å². The van der Waals surface area contributed by atoms with Crippen molar-refractivity contribution >= 4 is 17.4 Å². The molecule has 0 spiro atoms. The number of hydrogen-bond acceptors (Lipinski definition) is 7. The van der Waals surface area contributed by atoms with E-state index in [1.165, 1.54) is 4.90 Å². The summed E-state index contributed by atoms with van der Waals surface area (Å²) in [6, 6.07) is 21.2. The van der Waals surface area contributed by atoms with Gasteiger partial charge in [0.05, 0.1) is 11.6 Å². The molecule has 5 rings (SSSR count). The highest BCUT2D eigenvalue weighted by Crippen LogP contribution is 2.41. The predicted molar refractivity (Wildman–Crippen MR) is 135 cm³/mol. The highest BCUT2D eigenvalue weighted by atomic mass is 16.7. The van der Waals surface area contributed by atoms with E-state index in [0.29, 0.717) is 54.6 Å². The largest absolute Gasteiger partial charge is 0.507 e. The molecule has 3 aromatic rings. The summed E-state index contributed by atoms with van der Waals surface area (Å²) in [4.78, 5) is 27.7. The van der Waals surface area contributed by atoms with Crippen LogP contribution in [-0.4, -0.2) is 48.8 Å². The van der Waals surface area contributed by atoms with E-state index in [9.17, 15) is 14.7 Å². The number of carbonyl (C=O) groups is 2. The number of amides is 1. The van der Waals surface area contributed by atoms with E-state index in [2.05, 4.69) is 0 Å². The van der Waals surface area contributed by atoms with Crippen LogP contribution in [0.15, 0.2) is 78.4 Å². The van der Waals surface area contributed by atoms with Crippen LogP contribution in [0.25, 0.3) is 5.76 Å². The van der Waals surface area contributed by atoms with Crippen LogP contribution in [0.2, 0.25) is 0 Å². The molecule has 3 aromatic carbocycles. The number of aliphatic hydroxyl groups excluding tert-OH is 1. The van der Waals surface area contributed by atoms with Crippen LogP contribution in [0.3, 0.4) is 0 Å². The zero-order valence-corrected chi connectivity index (χ0v) is 20.4. The van der Waals surface area contributed by atoms with Crippen LogP contribution >= 0.6 is 0 Å². The van der Waals surface area contributed by atoms with Crippen molar-refractivity contribution in [2.75, 3.05) is 27.1 Å². The molecular formula is C29H27NO7. The van der Waals surface area contributed by atoms with Crippen molar-refractivity contribution in [3.05, 3.63) is 95.1 Å². The Morgan fingerprint density at radius 1 is 1.00 bits per heavy atom. The van der Waals surface area contributed by atoms with Gasteiger partial charge in [0, 0.05) is 25.8 Å². The number of hydrogen-bond donors (Lipinski definition) is 1. The van der Waals surface area contributed by atoms with Crippen LogP contribution in [0.5, 0.6) is 17.2 Å². The molecule has 1 saturated heterocycles. The molecule has 2 aliphatic rings. The first-order chi connectivity index (χ1) is 18.1. The highest BCUT2D eigenvalue weighted by molar-refractivity contribution is 6.46. The Labute approximate surface area is 214 Å². The topological polar surface area (TPSA) is 94.5 Å². The number of benzene rings is 3. The second-order valence-electron chi connectivity index (χ2n) is 8.75. The fourth-order valence-corrected chi connectivity index (χ4v) is 4.52. The Hall–Kier alpha value is -4.30. The third kappa shape index (κ3) is 5.01. The number of aliphatic hydroxyl groups is 1. The number of Topliss-reactive ketones (excluding diaryl/α,β-unsaturated/α-hetero) is 1. The summed E-state index contributed by atoms with van der Waals surface area (Å²) in [6.45, 7) is 1.24. The number of likely N-dealkylation sites (tertiary alicyclic amines) is 1. The van der Waals surface area contributed by atoms with Crippen LogP contribution < -0.4 is 14.2 Å². The minimum absolute atomic E-state index is 0.0271. The van der Waals surface area contributed by atoms with Crippen molar-refractivity contribution in [1.82, 2.24) is 4.90 Å². The first-order valence-corrected chi connectivity index (χ1v) is 12.0. The maximum atomic E-state index is 13.2. The zero-order chi connectivity index (χ0) is 25.8. The molecule has 0 saturated carbocycles. The van der Waals surface area contributed by atoms with E-state index in [-0.39, 0.29) is 18.1 Å². The Bertz CT molecular complexity index is 1320. The fourth-order valence-electron chi connectivity index (χ4n) is 4.52. The predicted octanol–water partition coefficient (Wildman–Crippen LogP) is 4.45. The van der Waals surface area contributed by atoms with Crippen LogP contribution in [-0.2, 0) is 20.9 Å². The second kappa shape index (κ2) is 10.8. The lowest BCUT2D eigenvalue weighted by atomic mass is 9.95. The van der Waals surface area contributed by atoms with Gasteiger partial charge in [-0.3, -0.25) is 9.59 Å². The maximum Gasteiger partial charge on any atom is 0.295 e. The summed E-state index contributed by atoms with van der Waals surface area (Å²) >= 11 is 0. The van der Waals surface area contributed by atoms with Gasteiger partial charge in [0.25, 0.3) is 11.7 Å². The van der Waals surface area contributed by atoms with Gasteiger partial charge >= 0.3 is 0 Å². The van der Waals surface area contributed by atoms with Crippen LogP contribution in [0.4, 0.5) is 0 Å². The summed E-state index contributed by atoms with van der Waals surface area (Å²) in [5.41, 5.74) is 2.12. The monoisotopic (exact) mass is 501 g/mol. The highest BCUT2D eigenvalue weighted by Gasteiger charge is 2.45. The molecule has 0 aromatic heterocycles.